The van der Waals surface area contributed by atoms with Crippen LogP contribution in [0.2, 0.25) is 19.6 Å². The molecule has 0 amide bonds. The lowest BCUT2D eigenvalue weighted by atomic mass is 10.2. The van der Waals surface area contributed by atoms with E-state index in [1.165, 1.54) is 45.2 Å². The van der Waals surface area contributed by atoms with Gasteiger partial charge in [-0.2, -0.15) is 0 Å². The van der Waals surface area contributed by atoms with Crippen molar-refractivity contribution in [1.29, 1.82) is 0 Å². The second-order valence-electron chi connectivity index (χ2n) is 11.8. The SMILES string of the molecule is C.C.CC(C)=Cc1cc(C)cc(-n2c(C)ccc2C)n1.Cc1cc(C[Si](C)(C)C)nc(-n2c(C)ccc2C)c1. The van der Waals surface area contributed by atoms with Crippen molar-refractivity contribution in [3.63, 3.8) is 0 Å². The Hall–Kier alpha value is -3.18. The molecule has 0 N–H and O–H groups in total. The second kappa shape index (κ2) is 13.7. The zero-order chi connectivity index (χ0) is 27.5. The summed E-state index contributed by atoms with van der Waals surface area (Å²) in [6.07, 6.45) is 2.12. The van der Waals surface area contributed by atoms with Crippen molar-refractivity contribution < 1.29 is 0 Å². The fraction of sp³-hybridized carbons (Fsp3) is 0.412. The highest BCUT2D eigenvalue weighted by Gasteiger charge is 2.16. The molecule has 5 heteroatoms. The molecule has 0 aromatic carbocycles. The number of pyridine rings is 2. The number of rotatable bonds is 5. The minimum absolute atomic E-state index is 0. The molecule has 4 aromatic rings. The van der Waals surface area contributed by atoms with Crippen molar-refractivity contribution in [2.45, 2.75) is 95.9 Å². The molecule has 0 spiro atoms. The molecule has 0 atom stereocenters. The summed E-state index contributed by atoms with van der Waals surface area (Å²) in [5.41, 5.74) is 11.0. The zero-order valence-electron chi connectivity index (χ0n) is 24.7. The molecule has 39 heavy (non-hydrogen) atoms. The van der Waals surface area contributed by atoms with Gasteiger partial charge in [0.25, 0.3) is 0 Å². The first-order valence-electron chi connectivity index (χ1n) is 13.2. The number of hydrogen-bond donors (Lipinski definition) is 0. The van der Waals surface area contributed by atoms with Crippen LogP contribution in [0.4, 0.5) is 0 Å². The number of aryl methyl sites for hydroxylation is 6. The summed E-state index contributed by atoms with van der Waals surface area (Å²) < 4.78 is 4.43. The molecule has 0 saturated carbocycles. The van der Waals surface area contributed by atoms with Crippen LogP contribution in [0.15, 0.2) is 54.1 Å². The topological polar surface area (TPSA) is 35.6 Å². The van der Waals surface area contributed by atoms with Crippen LogP contribution in [-0.2, 0) is 6.04 Å². The van der Waals surface area contributed by atoms with Gasteiger partial charge in [0.15, 0.2) is 0 Å². The van der Waals surface area contributed by atoms with Crippen molar-refractivity contribution >= 4 is 14.1 Å². The summed E-state index contributed by atoms with van der Waals surface area (Å²) in [5, 5.41) is 0. The molecule has 4 aromatic heterocycles. The summed E-state index contributed by atoms with van der Waals surface area (Å²) >= 11 is 0. The molecule has 0 unspecified atom stereocenters. The standard InChI is InChI=1S/C16H24N2Si.C16H20N2.2CH4/c1-12-9-15(11-19(4,5)6)17-16(10-12)18-13(2)7-8-14(18)3;1-11(2)8-15-9-12(3)10-16(17-15)18-13(4)6-7-14(18)5;;/h7-10H,11H2,1-6H3;6-10H,1-5H3;2*1H4. The summed E-state index contributed by atoms with van der Waals surface area (Å²) in [5.74, 6) is 2.07. The van der Waals surface area contributed by atoms with Gasteiger partial charge in [0.2, 0.25) is 0 Å². The lowest BCUT2D eigenvalue weighted by Gasteiger charge is -2.17. The van der Waals surface area contributed by atoms with Gasteiger partial charge in [-0.25, -0.2) is 9.97 Å². The average molecular weight is 545 g/mol. The monoisotopic (exact) mass is 544 g/mol. The molecule has 4 heterocycles. The molecule has 212 valence electrons. The quantitative estimate of drug-likeness (QED) is 0.234. The van der Waals surface area contributed by atoms with Crippen molar-refractivity contribution in [3.8, 4) is 11.6 Å². The normalized spacial score (nSPS) is 10.6. The fourth-order valence-electron chi connectivity index (χ4n) is 4.69. The molecular weight excluding hydrogens is 492 g/mol. The van der Waals surface area contributed by atoms with E-state index < -0.39 is 8.07 Å². The predicted molar refractivity (Wildman–Crippen MR) is 175 cm³/mol. The summed E-state index contributed by atoms with van der Waals surface area (Å²) in [6, 6.07) is 18.3. The van der Waals surface area contributed by atoms with Crippen LogP contribution in [0.1, 0.15) is 74.0 Å². The number of hydrogen-bond acceptors (Lipinski definition) is 2. The minimum atomic E-state index is -1.13. The zero-order valence-corrected chi connectivity index (χ0v) is 25.7. The van der Waals surface area contributed by atoms with E-state index in [4.69, 9.17) is 9.97 Å². The van der Waals surface area contributed by atoms with Crippen LogP contribution >= 0.6 is 0 Å². The minimum Gasteiger partial charge on any atom is -0.303 e. The van der Waals surface area contributed by atoms with E-state index in [2.05, 4.69) is 139 Å². The van der Waals surface area contributed by atoms with Crippen LogP contribution < -0.4 is 0 Å². The maximum absolute atomic E-state index is 4.88. The van der Waals surface area contributed by atoms with E-state index in [1.807, 2.05) is 0 Å². The summed E-state index contributed by atoms with van der Waals surface area (Å²) in [4.78, 5) is 9.61. The Morgan fingerprint density at radius 1 is 0.667 bits per heavy atom. The fourth-order valence-corrected chi connectivity index (χ4v) is 5.96. The predicted octanol–water partition coefficient (Wildman–Crippen LogP) is 9.71. The van der Waals surface area contributed by atoms with Gasteiger partial charge in [-0.3, -0.25) is 0 Å². The Morgan fingerprint density at radius 3 is 1.49 bits per heavy atom. The van der Waals surface area contributed by atoms with Gasteiger partial charge in [-0.15, -0.1) is 0 Å². The van der Waals surface area contributed by atoms with Crippen LogP contribution in [-0.4, -0.2) is 27.2 Å². The summed E-state index contributed by atoms with van der Waals surface area (Å²) in [7, 11) is -1.13. The molecule has 0 radical (unpaired) electrons. The van der Waals surface area contributed by atoms with E-state index in [0.29, 0.717) is 0 Å². The third kappa shape index (κ3) is 9.21. The molecule has 0 bridgehead atoms. The number of aromatic nitrogens is 4. The number of allylic oxidation sites excluding steroid dienone is 1. The van der Waals surface area contributed by atoms with Gasteiger partial charge in [0.1, 0.15) is 11.6 Å². The van der Waals surface area contributed by atoms with Crippen LogP contribution in [0.25, 0.3) is 17.7 Å². The van der Waals surface area contributed by atoms with Gasteiger partial charge in [-0.1, -0.05) is 40.1 Å². The first-order chi connectivity index (χ1) is 17.2. The van der Waals surface area contributed by atoms with Gasteiger partial charge >= 0.3 is 0 Å². The van der Waals surface area contributed by atoms with Gasteiger partial charge in [0.05, 0.1) is 13.8 Å². The second-order valence-corrected chi connectivity index (χ2v) is 17.3. The molecule has 4 rings (SSSR count). The highest BCUT2D eigenvalue weighted by Crippen LogP contribution is 2.19. The smallest absolute Gasteiger partial charge is 0.137 e. The lowest BCUT2D eigenvalue weighted by molar-refractivity contribution is 0.904. The molecule has 0 aliphatic heterocycles. The van der Waals surface area contributed by atoms with E-state index in [9.17, 15) is 0 Å². The van der Waals surface area contributed by atoms with E-state index >= 15 is 0 Å². The van der Waals surface area contributed by atoms with E-state index in [-0.39, 0.29) is 14.9 Å². The maximum Gasteiger partial charge on any atom is 0.137 e. The summed E-state index contributed by atoms with van der Waals surface area (Å²) in [6.45, 7) is 24.1. The Kier molecular flexibility index (Phi) is 11.9. The van der Waals surface area contributed by atoms with Crippen molar-refractivity contribution in [3.05, 3.63) is 99.4 Å². The van der Waals surface area contributed by atoms with Crippen molar-refractivity contribution in [2.24, 2.45) is 0 Å². The first-order valence-corrected chi connectivity index (χ1v) is 16.9. The molecule has 0 aliphatic rings. The third-order valence-electron chi connectivity index (χ3n) is 6.13. The lowest BCUT2D eigenvalue weighted by Crippen LogP contribution is -2.25. The third-order valence-corrected chi connectivity index (χ3v) is 7.56. The highest BCUT2D eigenvalue weighted by atomic mass is 28.3. The molecule has 0 saturated heterocycles. The highest BCUT2D eigenvalue weighted by molar-refractivity contribution is 6.75. The first kappa shape index (κ1) is 33.8. The van der Waals surface area contributed by atoms with Crippen LogP contribution in [0.3, 0.4) is 0 Å². The van der Waals surface area contributed by atoms with Crippen LogP contribution in [0.5, 0.6) is 0 Å². The van der Waals surface area contributed by atoms with E-state index in [1.54, 1.807) is 0 Å². The number of nitrogens with zero attached hydrogens (tertiary/aromatic N) is 4. The van der Waals surface area contributed by atoms with Gasteiger partial charge in [-0.05, 0) is 127 Å². The Morgan fingerprint density at radius 2 is 1.08 bits per heavy atom. The maximum atomic E-state index is 4.88. The molecule has 0 aliphatic carbocycles. The Labute approximate surface area is 239 Å². The Balaban J connectivity index is 0.000000371. The average Bonchev–Trinajstić information content (AvgIpc) is 3.26. The largest absolute Gasteiger partial charge is 0.303 e. The molecule has 0 fully saturated rings. The van der Waals surface area contributed by atoms with Gasteiger partial charge < -0.3 is 9.13 Å². The Bertz CT molecular complexity index is 1370. The molecule has 4 nitrogen and oxygen atoms in total. The van der Waals surface area contributed by atoms with E-state index in [0.717, 1.165) is 23.4 Å². The van der Waals surface area contributed by atoms with Crippen molar-refractivity contribution in [2.75, 3.05) is 0 Å². The van der Waals surface area contributed by atoms with Crippen molar-refractivity contribution in [1.82, 2.24) is 19.1 Å². The van der Waals surface area contributed by atoms with Crippen LogP contribution in [0, 0.1) is 41.5 Å². The van der Waals surface area contributed by atoms with Gasteiger partial charge in [0, 0.05) is 28.5 Å². The molecular formula is C34H52N4Si.